The van der Waals surface area contributed by atoms with Crippen molar-refractivity contribution < 1.29 is 9.96 Å². The van der Waals surface area contributed by atoms with Crippen molar-refractivity contribution in [3.63, 3.8) is 0 Å². The molecule has 2 heteroatoms. The summed E-state index contributed by atoms with van der Waals surface area (Å²) in [6.07, 6.45) is 14.1. The van der Waals surface area contributed by atoms with Crippen LogP contribution in [0.15, 0.2) is 36.8 Å². The van der Waals surface area contributed by atoms with Gasteiger partial charge in [0.05, 0.1) is 6.54 Å². The van der Waals surface area contributed by atoms with Crippen LogP contribution in [-0.4, -0.2) is 16.5 Å². The molecule has 0 fully saturated rings. The minimum atomic E-state index is 0. The summed E-state index contributed by atoms with van der Waals surface area (Å²) in [5.41, 5.74) is 0. The molecule has 0 aliphatic heterocycles. The molecule has 0 heterocycles. The van der Waals surface area contributed by atoms with E-state index in [0.29, 0.717) is 0 Å². The number of rotatable bonds is 5. The van der Waals surface area contributed by atoms with Gasteiger partial charge in [-0.05, 0) is 45.4 Å². The zero-order chi connectivity index (χ0) is 10.2. The molecule has 0 aromatic heterocycles. The van der Waals surface area contributed by atoms with Crippen molar-refractivity contribution in [2.45, 2.75) is 34.1 Å². The van der Waals surface area contributed by atoms with Gasteiger partial charge in [-0.25, -0.2) is 4.48 Å². The Morgan fingerprint density at radius 1 is 0.857 bits per heavy atom. The maximum absolute atomic E-state index is 2.21. The van der Waals surface area contributed by atoms with Gasteiger partial charge in [-0.1, -0.05) is 6.92 Å². The summed E-state index contributed by atoms with van der Waals surface area (Å²) < 4.78 is 0.833. The Labute approximate surface area is 88.1 Å². The predicted octanol–water partition coefficient (Wildman–Crippen LogP) is 3.64. The van der Waals surface area contributed by atoms with E-state index in [0.717, 1.165) is 11.0 Å². The van der Waals surface area contributed by atoms with E-state index in [-0.39, 0.29) is 5.48 Å². The fourth-order valence-corrected chi connectivity index (χ4v) is 1.59. The van der Waals surface area contributed by atoms with Crippen LogP contribution in [0.1, 0.15) is 34.1 Å². The van der Waals surface area contributed by atoms with E-state index in [9.17, 15) is 0 Å². The maximum Gasteiger partial charge on any atom is 0.101 e. The van der Waals surface area contributed by atoms with Crippen molar-refractivity contribution in [1.29, 1.82) is 0 Å². The molecule has 0 amide bonds. The standard InChI is InChI=1S/C12H22N.H2O/c1-5-9-13(10-6-2,11-7-3)12-8-4;/h5-7,9-11H,8,12H2,1-4H3;1H2/q+1;/p-1. The fraction of sp³-hybridized carbons (Fsp3) is 0.500. The number of allylic oxidation sites excluding steroid dienone is 3. The molecule has 0 unspecified atom stereocenters. The molecule has 0 rings (SSSR count). The molecule has 0 atom stereocenters. The summed E-state index contributed by atoms with van der Waals surface area (Å²) in [5.74, 6) is 0. The largest absolute Gasteiger partial charge is 0.870 e. The lowest BCUT2D eigenvalue weighted by Crippen LogP contribution is -2.31. The van der Waals surface area contributed by atoms with Crippen LogP contribution >= 0.6 is 0 Å². The molecule has 0 spiro atoms. The first-order valence-electron chi connectivity index (χ1n) is 5.03. The molecule has 14 heavy (non-hydrogen) atoms. The van der Waals surface area contributed by atoms with Gasteiger partial charge in [0.1, 0.15) is 18.6 Å². The van der Waals surface area contributed by atoms with E-state index in [1.165, 1.54) is 6.42 Å². The first-order valence-corrected chi connectivity index (χ1v) is 5.03. The highest BCUT2D eigenvalue weighted by Gasteiger charge is 2.15. The third kappa shape index (κ3) is 5.00. The normalized spacial score (nSPS) is 16.3. The predicted molar refractivity (Wildman–Crippen MR) is 61.8 cm³/mol. The van der Waals surface area contributed by atoms with Crippen molar-refractivity contribution in [3.05, 3.63) is 36.8 Å². The maximum atomic E-state index is 2.21. The molecule has 0 radical (unpaired) electrons. The monoisotopic (exact) mass is 197 g/mol. The van der Waals surface area contributed by atoms with Crippen molar-refractivity contribution in [1.82, 2.24) is 0 Å². The summed E-state index contributed by atoms with van der Waals surface area (Å²) in [5, 5.41) is 0. The van der Waals surface area contributed by atoms with Gasteiger partial charge in [-0.3, -0.25) is 0 Å². The van der Waals surface area contributed by atoms with Crippen LogP contribution in [0.2, 0.25) is 0 Å². The first-order chi connectivity index (χ1) is 6.24. The van der Waals surface area contributed by atoms with Gasteiger partial charge in [0.15, 0.2) is 0 Å². The molecule has 0 aliphatic carbocycles. The second kappa shape index (κ2) is 8.73. The minimum absolute atomic E-state index is 0. The van der Waals surface area contributed by atoms with Gasteiger partial charge < -0.3 is 5.48 Å². The second-order valence-corrected chi connectivity index (χ2v) is 3.17. The molecule has 1 N–H and O–H groups in total. The zero-order valence-corrected chi connectivity index (χ0v) is 9.77. The highest BCUT2D eigenvalue weighted by atomic mass is 16.0. The summed E-state index contributed by atoms with van der Waals surface area (Å²) in [4.78, 5) is 0. The third-order valence-electron chi connectivity index (χ3n) is 1.89. The fourth-order valence-electron chi connectivity index (χ4n) is 1.59. The van der Waals surface area contributed by atoms with Crippen molar-refractivity contribution >= 4 is 0 Å². The molecular weight excluding hydrogens is 174 g/mol. The van der Waals surface area contributed by atoms with Crippen molar-refractivity contribution in [2.75, 3.05) is 6.54 Å². The number of nitrogens with zero attached hydrogens (tertiary/aromatic N) is 1. The Hall–Kier alpha value is -0.860. The van der Waals surface area contributed by atoms with Crippen LogP contribution in [0.5, 0.6) is 0 Å². The van der Waals surface area contributed by atoms with Gasteiger partial charge in [0.25, 0.3) is 0 Å². The highest BCUT2D eigenvalue weighted by molar-refractivity contribution is 4.84. The van der Waals surface area contributed by atoms with Gasteiger partial charge in [0.2, 0.25) is 0 Å². The van der Waals surface area contributed by atoms with Crippen LogP contribution in [0, 0.1) is 0 Å². The average molecular weight is 197 g/mol. The van der Waals surface area contributed by atoms with Crippen LogP contribution in [-0.2, 0) is 0 Å². The molecule has 0 aliphatic rings. The SMILES string of the molecule is CC=C[N+](C=CC)(C=CC)CCC.[OH-]. The Morgan fingerprint density at radius 3 is 1.43 bits per heavy atom. The second-order valence-electron chi connectivity index (χ2n) is 3.17. The van der Waals surface area contributed by atoms with Crippen molar-refractivity contribution in [3.8, 4) is 0 Å². The lowest BCUT2D eigenvalue weighted by atomic mass is 10.3. The molecule has 0 saturated carbocycles. The molecule has 82 valence electrons. The van der Waals surface area contributed by atoms with Crippen LogP contribution in [0.3, 0.4) is 0 Å². The molecule has 0 bridgehead atoms. The van der Waals surface area contributed by atoms with E-state index < -0.39 is 0 Å². The third-order valence-corrected chi connectivity index (χ3v) is 1.89. The van der Waals surface area contributed by atoms with Crippen LogP contribution in [0.4, 0.5) is 0 Å². The Kier molecular flexibility index (Phi) is 9.73. The summed E-state index contributed by atoms with van der Waals surface area (Å²) in [7, 11) is 0. The Bertz CT molecular complexity index is 173. The van der Waals surface area contributed by atoms with Gasteiger partial charge in [-0.2, -0.15) is 0 Å². The van der Waals surface area contributed by atoms with E-state index in [1.807, 2.05) is 0 Å². The lowest BCUT2D eigenvalue weighted by Gasteiger charge is -2.25. The quantitative estimate of drug-likeness (QED) is 0.619. The Balaban J connectivity index is 0. The van der Waals surface area contributed by atoms with Gasteiger partial charge >= 0.3 is 0 Å². The summed E-state index contributed by atoms with van der Waals surface area (Å²) in [6, 6.07) is 0. The lowest BCUT2D eigenvalue weighted by molar-refractivity contribution is -0.773. The molecule has 0 aromatic rings. The van der Waals surface area contributed by atoms with E-state index >= 15 is 0 Å². The highest BCUT2D eigenvalue weighted by Crippen LogP contribution is 2.13. The van der Waals surface area contributed by atoms with E-state index in [2.05, 4.69) is 64.5 Å². The number of hydrogen-bond acceptors (Lipinski definition) is 1. The number of hydrogen-bond donors (Lipinski definition) is 0. The van der Waals surface area contributed by atoms with E-state index in [4.69, 9.17) is 0 Å². The summed E-state index contributed by atoms with van der Waals surface area (Å²) >= 11 is 0. The smallest absolute Gasteiger partial charge is 0.101 e. The molecular formula is C12H23NO. The van der Waals surface area contributed by atoms with Crippen molar-refractivity contribution in [2.24, 2.45) is 0 Å². The molecule has 2 nitrogen and oxygen atoms in total. The average Bonchev–Trinajstić information content (AvgIpc) is 2.06. The van der Waals surface area contributed by atoms with Crippen LogP contribution in [0.25, 0.3) is 0 Å². The Morgan fingerprint density at radius 2 is 1.21 bits per heavy atom. The minimum Gasteiger partial charge on any atom is -0.870 e. The van der Waals surface area contributed by atoms with Crippen LogP contribution < -0.4 is 0 Å². The zero-order valence-electron chi connectivity index (χ0n) is 9.77. The first kappa shape index (κ1) is 15.6. The van der Waals surface area contributed by atoms with E-state index in [1.54, 1.807) is 0 Å². The molecule has 0 aromatic carbocycles. The summed E-state index contributed by atoms with van der Waals surface area (Å²) in [6.45, 7) is 9.53. The number of quaternary nitrogens is 1. The van der Waals surface area contributed by atoms with Gasteiger partial charge in [0, 0.05) is 0 Å². The van der Waals surface area contributed by atoms with Gasteiger partial charge in [-0.15, -0.1) is 0 Å². The molecule has 0 saturated heterocycles. The topological polar surface area (TPSA) is 30.0 Å².